The molecule has 1 fully saturated rings. The summed E-state index contributed by atoms with van der Waals surface area (Å²) in [5, 5.41) is 32.4. The van der Waals surface area contributed by atoms with Crippen LogP contribution in [0.4, 0.5) is 0 Å². The zero-order valence-electron chi connectivity index (χ0n) is 23.7. The van der Waals surface area contributed by atoms with E-state index in [9.17, 15) is 24.9 Å². The molecule has 3 aromatic rings. The lowest BCUT2D eigenvalue weighted by Crippen LogP contribution is -2.45. The average Bonchev–Trinajstić information content (AvgIpc) is 3.67. The van der Waals surface area contributed by atoms with E-state index in [1.54, 1.807) is 9.47 Å². The van der Waals surface area contributed by atoms with Crippen LogP contribution in [-0.2, 0) is 22.6 Å². The fourth-order valence-electron chi connectivity index (χ4n) is 6.51. The van der Waals surface area contributed by atoms with Crippen LogP contribution in [0, 0.1) is 5.92 Å². The first kappa shape index (κ1) is 29.0. The molecule has 2 aromatic carbocycles. The lowest BCUT2D eigenvalue weighted by atomic mass is 9.83. The molecule has 1 unspecified atom stereocenters. The third-order valence-corrected chi connectivity index (χ3v) is 8.67. The molecule has 0 spiro atoms. The van der Waals surface area contributed by atoms with Crippen molar-refractivity contribution in [2.24, 2.45) is 5.92 Å². The number of aromatic nitrogens is 1. The quantitative estimate of drug-likeness (QED) is 0.289. The first-order valence-corrected chi connectivity index (χ1v) is 14.8. The Bertz CT molecular complexity index is 1360. The number of carboxylic acid groups (broad SMARTS) is 1. The SMILES string of the molecule is CCCCN(CCCO)C(=O)CN1C[C@H](c2ccc3c(c2)CCO3)C(C(=O)O)[C@@H]1CCn1cc2ccccc2c1O. The summed E-state index contributed by atoms with van der Waals surface area (Å²) in [6.45, 7) is 4.82. The number of carbonyl (C=O) groups is 2. The van der Waals surface area contributed by atoms with Gasteiger partial charge in [-0.25, -0.2) is 0 Å². The highest BCUT2D eigenvalue weighted by molar-refractivity contribution is 5.87. The van der Waals surface area contributed by atoms with Crippen molar-refractivity contribution < 1.29 is 29.6 Å². The molecule has 2 aliphatic heterocycles. The van der Waals surface area contributed by atoms with Gasteiger partial charge in [-0.1, -0.05) is 43.7 Å². The normalized spacial score (nSPS) is 20.3. The van der Waals surface area contributed by atoms with E-state index in [0.717, 1.165) is 46.9 Å². The lowest BCUT2D eigenvalue weighted by Gasteiger charge is -2.30. The van der Waals surface area contributed by atoms with E-state index in [4.69, 9.17) is 4.74 Å². The van der Waals surface area contributed by atoms with Gasteiger partial charge in [0.05, 0.1) is 19.1 Å². The Kier molecular flexibility index (Phi) is 9.15. The number of aryl methyl sites for hydroxylation is 1. The number of likely N-dealkylation sites (tertiary alicyclic amines) is 1. The summed E-state index contributed by atoms with van der Waals surface area (Å²) in [5.41, 5.74) is 2.05. The zero-order valence-corrected chi connectivity index (χ0v) is 23.7. The highest BCUT2D eigenvalue weighted by Crippen LogP contribution is 2.41. The van der Waals surface area contributed by atoms with Crippen LogP contribution in [0.15, 0.2) is 48.7 Å². The standard InChI is InChI=1S/C32H41N3O6/c1-2-3-13-33(14-6-16-36)29(37)21-35-20-26(22-9-10-28-23(18-22)12-17-41-28)30(32(39)40)27(35)11-15-34-19-24-7-4-5-8-25(24)31(34)38/h4-5,7-10,18-19,26-27,30,36,38H,2-3,6,11-17,20-21H2,1H3,(H,39,40)/t26-,27+,30?/m1/s1. The maximum absolute atomic E-state index is 13.6. The lowest BCUT2D eigenvalue weighted by molar-refractivity contribution is -0.144. The number of hydrogen-bond donors (Lipinski definition) is 3. The van der Waals surface area contributed by atoms with Crippen molar-refractivity contribution in [1.82, 2.24) is 14.4 Å². The van der Waals surface area contributed by atoms with Crippen LogP contribution in [0.2, 0.25) is 0 Å². The van der Waals surface area contributed by atoms with Crippen molar-refractivity contribution >= 4 is 22.6 Å². The van der Waals surface area contributed by atoms with Gasteiger partial charge in [0.2, 0.25) is 5.91 Å². The first-order valence-electron chi connectivity index (χ1n) is 14.8. The monoisotopic (exact) mass is 563 g/mol. The minimum Gasteiger partial charge on any atom is -0.494 e. The molecule has 220 valence electrons. The number of carboxylic acids is 1. The molecular weight excluding hydrogens is 522 g/mol. The second kappa shape index (κ2) is 13.0. The molecule has 0 aliphatic carbocycles. The molecular formula is C32H41N3O6. The second-order valence-electron chi connectivity index (χ2n) is 11.3. The third kappa shape index (κ3) is 6.21. The Labute approximate surface area is 240 Å². The molecule has 1 aromatic heterocycles. The van der Waals surface area contributed by atoms with Crippen LogP contribution in [0.25, 0.3) is 10.8 Å². The molecule has 3 N–H and O–H groups in total. The Morgan fingerprint density at radius 3 is 2.68 bits per heavy atom. The van der Waals surface area contributed by atoms with Crippen molar-refractivity contribution in [3.8, 4) is 11.6 Å². The molecule has 3 heterocycles. The number of hydrogen-bond acceptors (Lipinski definition) is 6. The Balaban J connectivity index is 1.43. The maximum atomic E-state index is 13.6. The molecule has 3 atom stereocenters. The van der Waals surface area contributed by atoms with Gasteiger partial charge in [0.1, 0.15) is 5.75 Å². The minimum atomic E-state index is -0.878. The summed E-state index contributed by atoms with van der Waals surface area (Å²) >= 11 is 0. The predicted octanol–water partition coefficient (Wildman–Crippen LogP) is 3.85. The molecule has 0 saturated carbocycles. The van der Waals surface area contributed by atoms with Crippen LogP contribution in [-0.4, -0.2) is 87.0 Å². The fourth-order valence-corrected chi connectivity index (χ4v) is 6.51. The number of aliphatic hydroxyl groups excluding tert-OH is 1. The number of fused-ring (bicyclic) bond motifs is 2. The van der Waals surface area contributed by atoms with E-state index < -0.39 is 17.9 Å². The van der Waals surface area contributed by atoms with E-state index in [0.29, 0.717) is 45.6 Å². The smallest absolute Gasteiger partial charge is 0.308 e. The number of benzene rings is 2. The summed E-state index contributed by atoms with van der Waals surface area (Å²) in [4.78, 5) is 30.3. The number of aliphatic hydroxyl groups is 1. The van der Waals surface area contributed by atoms with Gasteiger partial charge in [-0.3, -0.25) is 14.5 Å². The number of carbonyl (C=O) groups excluding carboxylic acids is 1. The topological polar surface area (TPSA) is 115 Å². The van der Waals surface area contributed by atoms with Gasteiger partial charge in [0.25, 0.3) is 0 Å². The number of amides is 1. The molecule has 41 heavy (non-hydrogen) atoms. The highest BCUT2D eigenvalue weighted by Gasteiger charge is 2.47. The van der Waals surface area contributed by atoms with Crippen LogP contribution in [0.5, 0.6) is 11.6 Å². The van der Waals surface area contributed by atoms with Gasteiger partial charge in [0, 0.05) is 68.1 Å². The van der Waals surface area contributed by atoms with Crippen molar-refractivity contribution in [2.75, 3.05) is 39.4 Å². The molecule has 0 radical (unpaired) electrons. The number of aromatic hydroxyl groups is 1. The molecule has 1 saturated heterocycles. The first-order chi connectivity index (χ1) is 19.9. The van der Waals surface area contributed by atoms with E-state index in [1.807, 2.05) is 47.5 Å². The number of aliphatic carboxylic acids is 1. The Hall–Kier alpha value is -3.56. The van der Waals surface area contributed by atoms with Crippen LogP contribution < -0.4 is 4.74 Å². The highest BCUT2D eigenvalue weighted by atomic mass is 16.5. The van der Waals surface area contributed by atoms with Crippen LogP contribution in [0.3, 0.4) is 0 Å². The fraction of sp³-hybridized carbons (Fsp3) is 0.500. The molecule has 9 heteroatoms. The number of ether oxygens (including phenoxy) is 1. The molecule has 0 bridgehead atoms. The average molecular weight is 564 g/mol. The van der Waals surface area contributed by atoms with Crippen LogP contribution >= 0.6 is 0 Å². The van der Waals surface area contributed by atoms with Crippen molar-refractivity contribution in [1.29, 1.82) is 0 Å². The van der Waals surface area contributed by atoms with Gasteiger partial charge in [-0.2, -0.15) is 0 Å². The van der Waals surface area contributed by atoms with E-state index >= 15 is 0 Å². The molecule has 9 nitrogen and oxygen atoms in total. The second-order valence-corrected chi connectivity index (χ2v) is 11.3. The molecule has 1 amide bonds. The summed E-state index contributed by atoms with van der Waals surface area (Å²) in [5.74, 6) is -0.895. The third-order valence-electron chi connectivity index (χ3n) is 8.67. The van der Waals surface area contributed by atoms with Gasteiger partial charge >= 0.3 is 5.97 Å². The van der Waals surface area contributed by atoms with Gasteiger partial charge in [-0.05, 0) is 42.5 Å². The molecule has 5 rings (SSSR count). The predicted molar refractivity (Wildman–Crippen MR) is 156 cm³/mol. The van der Waals surface area contributed by atoms with Crippen molar-refractivity contribution in [2.45, 2.75) is 57.5 Å². The van der Waals surface area contributed by atoms with Crippen molar-refractivity contribution in [3.63, 3.8) is 0 Å². The number of nitrogens with zero attached hydrogens (tertiary/aromatic N) is 3. The summed E-state index contributed by atoms with van der Waals surface area (Å²) in [6, 6.07) is 13.2. The van der Waals surface area contributed by atoms with Gasteiger partial charge in [-0.15, -0.1) is 0 Å². The van der Waals surface area contributed by atoms with E-state index in [1.165, 1.54) is 0 Å². The van der Waals surface area contributed by atoms with Gasteiger partial charge < -0.3 is 29.5 Å². The summed E-state index contributed by atoms with van der Waals surface area (Å²) < 4.78 is 7.45. The van der Waals surface area contributed by atoms with E-state index in [-0.39, 0.29) is 30.9 Å². The number of rotatable bonds is 13. The summed E-state index contributed by atoms with van der Waals surface area (Å²) in [6.07, 6.45) is 5.50. The van der Waals surface area contributed by atoms with Crippen molar-refractivity contribution in [3.05, 3.63) is 59.8 Å². The van der Waals surface area contributed by atoms with Crippen LogP contribution in [0.1, 0.15) is 49.7 Å². The largest absolute Gasteiger partial charge is 0.494 e. The maximum Gasteiger partial charge on any atom is 0.308 e. The number of unbranched alkanes of at least 4 members (excludes halogenated alkanes) is 1. The Morgan fingerprint density at radius 1 is 1.12 bits per heavy atom. The zero-order chi connectivity index (χ0) is 28.9. The minimum absolute atomic E-state index is 0.0160. The Morgan fingerprint density at radius 2 is 1.93 bits per heavy atom. The summed E-state index contributed by atoms with van der Waals surface area (Å²) in [7, 11) is 0. The molecule has 2 aliphatic rings. The van der Waals surface area contributed by atoms with E-state index in [2.05, 4.69) is 13.0 Å². The van der Waals surface area contributed by atoms with Gasteiger partial charge in [0.15, 0.2) is 5.88 Å².